The number of anilines is 3. The number of benzene rings is 9. The van der Waals surface area contributed by atoms with Crippen LogP contribution in [0.4, 0.5) is 17.1 Å². The molecule has 0 spiro atoms. The first-order valence-electron chi connectivity index (χ1n) is 18.4. The third-order valence-corrected chi connectivity index (χ3v) is 10.5. The van der Waals surface area contributed by atoms with Crippen LogP contribution in [0.3, 0.4) is 0 Å². The normalized spacial score (nSPS) is 11.3. The Balaban J connectivity index is 1.25. The van der Waals surface area contributed by atoms with Crippen molar-refractivity contribution in [3.8, 4) is 44.5 Å². The van der Waals surface area contributed by atoms with Crippen LogP contribution in [-0.2, 0) is 0 Å². The molecule has 0 atom stereocenters. The van der Waals surface area contributed by atoms with Crippen molar-refractivity contribution in [3.05, 3.63) is 212 Å². The Hall–Kier alpha value is -7.16. The number of hydrogen-bond acceptors (Lipinski definition) is 2. The van der Waals surface area contributed by atoms with Gasteiger partial charge < -0.3 is 9.32 Å². The van der Waals surface area contributed by atoms with E-state index >= 15 is 0 Å². The second kappa shape index (κ2) is 13.4. The van der Waals surface area contributed by atoms with Crippen molar-refractivity contribution in [1.29, 1.82) is 0 Å². The summed E-state index contributed by atoms with van der Waals surface area (Å²) in [4.78, 5) is 2.39. The van der Waals surface area contributed by atoms with Crippen LogP contribution in [0.25, 0.3) is 77.2 Å². The van der Waals surface area contributed by atoms with Crippen LogP contribution in [0.1, 0.15) is 0 Å². The molecule has 0 amide bonds. The van der Waals surface area contributed by atoms with Crippen LogP contribution in [0.5, 0.6) is 0 Å². The van der Waals surface area contributed by atoms with E-state index in [2.05, 4.69) is 205 Å². The van der Waals surface area contributed by atoms with Gasteiger partial charge in [-0.2, -0.15) is 0 Å². The summed E-state index contributed by atoms with van der Waals surface area (Å²) in [5, 5.41) is 4.62. The Bertz CT molecular complexity index is 2940. The molecule has 0 aliphatic carbocycles. The maximum Gasteiger partial charge on any atom is 0.137 e. The molecule has 0 saturated heterocycles. The SMILES string of the molecule is c1ccc(-c2ccccc2-c2c(-c3ccccc3)cccc2-c2ccccc2N(c2ccc3ccccc3c2)c2ccc3c(c2)oc2ccccc23)cc1. The van der Waals surface area contributed by atoms with E-state index in [0.29, 0.717) is 0 Å². The van der Waals surface area contributed by atoms with Gasteiger partial charge in [0.2, 0.25) is 0 Å². The molecule has 0 N–H and O–H groups in total. The highest BCUT2D eigenvalue weighted by Crippen LogP contribution is 2.49. The fraction of sp³-hybridized carbons (Fsp3) is 0. The minimum Gasteiger partial charge on any atom is -0.456 e. The fourth-order valence-electron chi connectivity index (χ4n) is 7.99. The van der Waals surface area contributed by atoms with E-state index in [-0.39, 0.29) is 0 Å². The Kier molecular flexibility index (Phi) is 7.85. The summed E-state index contributed by atoms with van der Waals surface area (Å²) in [5.41, 5.74) is 14.3. The van der Waals surface area contributed by atoms with Gasteiger partial charge in [0.15, 0.2) is 0 Å². The van der Waals surface area contributed by atoms with Crippen LogP contribution >= 0.6 is 0 Å². The average Bonchev–Trinajstić information content (AvgIpc) is 3.62. The molecule has 0 saturated carbocycles. The molecule has 2 heteroatoms. The number of furan rings is 1. The largest absolute Gasteiger partial charge is 0.456 e. The zero-order valence-electron chi connectivity index (χ0n) is 29.6. The lowest BCUT2D eigenvalue weighted by Crippen LogP contribution is -2.11. The Labute approximate surface area is 314 Å². The molecule has 1 aromatic heterocycles. The second-order valence-electron chi connectivity index (χ2n) is 13.7. The number of fused-ring (bicyclic) bond motifs is 4. The zero-order valence-corrected chi connectivity index (χ0v) is 29.6. The van der Waals surface area contributed by atoms with Crippen LogP contribution in [0.2, 0.25) is 0 Å². The van der Waals surface area contributed by atoms with Crippen molar-refractivity contribution >= 4 is 49.8 Å². The van der Waals surface area contributed by atoms with Gasteiger partial charge in [0.05, 0.1) is 5.69 Å². The van der Waals surface area contributed by atoms with E-state index in [1.54, 1.807) is 0 Å². The first-order chi connectivity index (χ1) is 26.8. The third kappa shape index (κ3) is 5.53. The highest BCUT2D eigenvalue weighted by Gasteiger charge is 2.23. The number of hydrogen-bond donors (Lipinski definition) is 0. The van der Waals surface area contributed by atoms with Crippen molar-refractivity contribution < 1.29 is 4.42 Å². The van der Waals surface area contributed by atoms with Crippen LogP contribution in [-0.4, -0.2) is 0 Å². The minimum atomic E-state index is 0.862. The second-order valence-corrected chi connectivity index (χ2v) is 13.7. The molecular weight excluding hydrogens is 655 g/mol. The van der Waals surface area contributed by atoms with E-state index < -0.39 is 0 Å². The standard InChI is InChI=1S/C52H35NO/c1-3-17-37(18-4-1)42-22-9-10-25-47(42)52-43(38-19-5-2-6-20-38)26-15-27-48(52)44-23-11-13-28-49(44)53(40-31-30-36-16-7-8-21-39(36)34-40)41-32-33-46-45-24-12-14-29-50(45)54-51(46)35-41/h1-35H. The number of nitrogens with zero attached hydrogens (tertiary/aromatic N) is 1. The van der Waals surface area contributed by atoms with Gasteiger partial charge in [0.25, 0.3) is 0 Å². The Morgan fingerprint density at radius 3 is 1.69 bits per heavy atom. The van der Waals surface area contributed by atoms with Crippen molar-refractivity contribution in [2.75, 3.05) is 4.90 Å². The van der Waals surface area contributed by atoms with Crippen molar-refractivity contribution in [1.82, 2.24) is 0 Å². The summed E-state index contributed by atoms with van der Waals surface area (Å²) in [6.07, 6.45) is 0. The lowest BCUT2D eigenvalue weighted by atomic mass is 9.84. The van der Waals surface area contributed by atoms with Gasteiger partial charge in [-0.3, -0.25) is 0 Å². The highest BCUT2D eigenvalue weighted by atomic mass is 16.3. The third-order valence-electron chi connectivity index (χ3n) is 10.5. The predicted molar refractivity (Wildman–Crippen MR) is 228 cm³/mol. The molecule has 2 nitrogen and oxygen atoms in total. The number of rotatable bonds is 7. The topological polar surface area (TPSA) is 16.4 Å². The average molecular weight is 690 g/mol. The lowest BCUT2D eigenvalue weighted by molar-refractivity contribution is 0.669. The first-order valence-corrected chi connectivity index (χ1v) is 18.4. The van der Waals surface area contributed by atoms with Crippen molar-refractivity contribution in [2.24, 2.45) is 0 Å². The summed E-state index contributed by atoms with van der Waals surface area (Å²) < 4.78 is 6.47. The molecular formula is C52H35NO. The molecule has 10 rings (SSSR count). The molecule has 0 fully saturated rings. The van der Waals surface area contributed by atoms with Gasteiger partial charge in [0.1, 0.15) is 11.2 Å². The van der Waals surface area contributed by atoms with Gasteiger partial charge in [-0.05, 0) is 86.1 Å². The molecule has 0 unspecified atom stereocenters. The first kappa shape index (κ1) is 31.6. The quantitative estimate of drug-likeness (QED) is 0.166. The van der Waals surface area contributed by atoms with Gasteiger partial charge in [-0.25, -0.2) is 0 Å². The van der Waals surface area contributed by atoms with Crippen LogP contribution in [0.15, 0.2) is 217 Å². The maximum atomic E-state index is 6.47. The van der Waals surface area contributed by atoms with E-state index in [9.17, 15) is 0 Å². The van der Waals surface area contributed by atoms with Crippen molar-refractivity contribution in [3.63, 3.8) is 0 Å². The predicted octanol–water partition coefficient (Wildman–Crippen LogP) is 14.9. The summed E-state index contributed by atoms with van der Waals surface area (Å²) in [5.74, 6) is 0. The van der Waals surface area contributed by atoms with E-state index in [1.165, 1.54) is 44.2 Å². The molecule has 0 aliphatic heterocycles. The van der Waals surface area contributed by atoms with Crippen LogP contribution < -0.4 is 4.90 Å². The zero-order chi connectivity index (χ0) is 35.8. The van der Waals surface area contributed by atoms with E-state index in [4.69, 9.17) is 4.42 Å². The smallest absolute Gasteiger partial charge is 0.137 e. The Morgan fingerprint density at radius 1 is 0.315 bits per heavy atom. The molecule has 254 valence electrons. The summed E-state index contributed by atoms with van der Waals surface area (Å²) in [6.45, 7) is 0. The van der Waals surface area contributed by atoms with E-state index in [0.717, 1.165) is 50.1 Å². The molecule has 1 heterocycles. The minimum absolute atomic E-state index is 0.862. The van der Waals surface area contributed by atoms with E-state index in [1.807, 2.05) is 12.1 Å². The van der Waals surface area contributed by atoms with Crippen molar-refractivity contribution in [2.45, 2.75) is 0 Å². The molecule has 9 aromatic carbocycles. The van der Waals surface area contributed by atoms with Gasteiger partial charge in [-0.1, -0.05) is 170 Å². The summed E-state index contributed by atoms with van der Waals surface area (Å²) in [6, 6.07) is 76.0. The van der Waals surface area contributed by atoms with Gasteiger partial charge in [0, 0.05) is 33.8 Å². The monoisotopic (exact) mass is 689 g/mol. The van der Waals surface area contributed by atoms with Gasteiger partial charge in [-0.15, -0.1) is 0 Å². The molecule has 54 heavy (non-hydrogen) atoms. The maximum absolute atomic E-state index is 6.47. The fourth-order valence-corrected chi connectivity index (χ4v) is 7.99. The van der Waals surface area contributed by atoms with Crippen LogP contribution in [0, 0.1) is 0 Å². The summed E-state index contributed by atoms with van der Waals surface area (Å²) >= 11 is 0. The molecule has 0 aliphatic rings. The molecule has 0 bridgehead atoms. The molecule has 0 radical (unpaired) electrons. The molecule has 10 aromatic rings. The summed E-state index contributed by atoms with van der Waals surface area (Å²) in [7, 11) is 0. The highest BCUT2D eigenvalue weighted by molar-refractivity contribution is 6.07. The van der Waals surface area contributed by atoms with Gasteiger partial charge >= 0.3 is 0 Å². The Morgan fingerprint density at radius 2 is 0.870 bits per heavy atom. The lowest BCUT2D eigenvalue weighted by Gasteiger charge is -2.29. The number of para-hydroxylation sites is 2.